The van der Waals surface area contributed by atoms with E-state index in [2.05, 4.69) is 24.7 Å². The molecule has 0 amide bonds. The highest BCUT2D eigenvalue weighted by molar-refractivity contribution is 5.43. The molecule has 1 N–H and O–H groups in total. The van der Waals surface area contributed by atoms with Gasteiger partial charge in [-0.3, -0.25) is 4.90 Å². The normalized spacial score (nSPS) is 12.2. The molecule has 1 aromatic heterocycles. The summed E-state index contributed by atoms with van der Waals surface area (Å²) in [6.45, 7) is 7.21. The number of rotatable bonds is 11. The van der Waals surface area contributed by atoms with Crippen LogP contribution in [0.2, 0.25) is 0 Å². The number of ether oxygens (including phenoxy) is 2. The summed E-state index contributed by atoms with van der Waals surface area (Å²) in [4.78, 5) is 2.11. The average Bonchev–Trinajstić information content (AvgIpc) is 3.09. The van der Waals surface area contributed by atoms with Crippen LogP contribution in [0.25, 0.3) is 5.69 Å². The molecule has 0 fully saturated rings. The molecule has 0 aliphatic carbocycles. The Labute approximate surface area is 194 Å². The molecule has 0 bridgehead atoms. The van der Waals surface area contributed by atoms with E-state index in [0.29, 0.717) is 24.7 Å². The largest absolute Gasteiger partial charge is 0.438 e. The molecule has 2 aromatic carbocycles. The number of terminal acetylenes is 1. The Morgan fingerprint density at radius 3 is 2.61 bits per heavy atom. The van der Waals surface area contributed by atoms with E-state index in [1.165, 1.54) is 12.1 Å². The van der Waals surface area contributed by atoms with Gasteiger partial charge in [-0.2, -0.15) is 5.10 Å². The van der Waals surface area contributed by atoms with Crippen molar-refractivity contribution in [3.05, 3.63) is 71.7 Å². The predicted molar refractivity (Wildman–Crippen MR) is 126 cm³/mol. The predicted octanol–water partition coefficient (Wildman–Crippen LogP) is 4.33. The molecule has 174 valence electrons. The maximum atomic E-state index is 13.8. The van der Waals surface area contributed by atoms with Gasteiger partial charge in [-0.15, -0.1) is 6.42 Å². The summed E-state index contributed by atoms with van der Waals surface area (Å²) in [5.74, 6) is 2.91. The third-order valence-corrected chi connectivity index (χ3v) is 5.18. The number of hydrogen-bond donors (Lipinski definition) is 1. The van der Waals surface area contributed by atoms with E-state index in [-0.39, 0.29) is 25.1 Å². The Bertz CT molecular complexity index is 1080. The lowest BCUT2D eigenvalue weighted by molar-refractivity contribution is 0.0190. The highest BCUT2D eigenvalue weighted by Crippen LogP contribution is 2.32. The van der Waals surface area contributed by atoms with E-state index in [1.54, 1.807) is 16.8 Å². The van der Waals surface area contributed by atoms with Gasteiger partial charge in [0.15, 0.2) is 0 Å². The van der Waals surface area contributed by atoms with Gasteiger partial charge in [-0.1, -0.05) is 30.2 Å². The monoisotopic (exact) mass is 451 g/mol. The first-order chi connectivity index (χ1) is 15.9. The molecule has 7 heteroatoms. The van der Waals surface area contributed by atoms with Gasteiger partial charge in [0.2, 0.25) is 5.88 Å². The second kappa shape index (κ2) is 11.6. The number of aliphatic hydroxyl groups is 1. The van der Waals surface area contributed by atoms with Gasteiger partial charge < -0.3 is 14.6 Å². The Morgan fingerprint density at radius 2 is 1.94 bits per heavy atom. The second-order valence-corrected chi connectivity index (χ2v) is 8.07. The van der Waals surface area contributed by atoms with Crippen LogP contribution in [0.15, 0.2) is 54.6 Å². The number of halogens is 1. The molecule has 0 saturated carbocycles. The van der Waals surface area contributed by atoms with Gasteiger partial charge in [0.05, 0.1) is 29.7 Å². The van der Waals surface area contributed by atoms with E-state index in [4.69, 9.17) is 21.0 Å². The highest BCUT2D eigenvalue weighted by Gasteiger charge is 2.24. The molecule has 0 aliphatic heterocycles. The van der Waals surface area contributed by atoms with Crippen LogP contribution >= 0.6 is 0 Å². The van der Waals surface area contributed by atoms with Gasteiger partial charge in [-0.25, -0.2) is 9.07 Å². The fourth-order valence-corrected chi connectivity index (χ4v) is 3.45. The molecule has 0 spiro atoms. The molecule has 1 atom stereocenters. The lowest BCUT2D eigenvalue weighted by atomic mass is 10.2. The van der Waals surface area contributed by atoms with E-state index in [0.717, 1.165) is 16.9 Å². The Balaban J connectivity index is 1.94. The zero-order valence-corrected chi connectivity index (χ0v) is 19.2. The van der Waals surface area contributed by atoms with Crippen LogP contribution in [0, 0.1) is 25.1 Å². The maximum Gasteiger partial charge on any atom is 0.227 e. The fourth-order valence-electron chi connectivity index (χ4n) is 3.45. The first-order valence-electron chi connectivity index (χ1n) is 10.9. The van der Waals surface area contributed by atoms with E-state index in [9.17, 15) is 9.50 Å². The van der Waals surface area contributed by atoms with Crippen molar-refractivity contribution in [2.24, 2.45) is 0 Å². The third kappa shape index (κ3) is 6.65. The SMILES string of the molecule is C#CCOCC(O)CN(Cc1c(C)nn(-c2ccccc2)c1Oc1cccc(F)c1)C(C)C. The van der Waals surface area contributed by atoms with Gasteiger partial charge >= 0.3 is 0 Å². The zero-order chi connectivity index (χ0) is 23.8. The Kier molecular flexibility index (Phi) is 8.61. The van der Waals surface area contributed by atoms with Crippen molar-refractivity contribution in [3.8, 4) is 29.7 Å². The lowest BCUT2D eigenvalue weighted by Crippen LogP contribution is -2.39. The number of nitrogens with zero attached hydrogens (tertiary/aromatic N) is 3. The second-order valence-electron chi connectivity index (χ2n) is 8.07. The van der Waals surface area contributed by atoms with Crippen LogP contribution < -0.4 is 4.74 Å². The van der Waals surface area contributed by atoms with Crippen molar-refractivity contribution in [2.45, 2.75) is 39.5 Å². The molecule has 3 aromatic rings. The van der Waals surface area contributed by atoms with Crippen molar-refractivity contribution in [3.63, 3.8) is 0 Å². The third-order valence-electron chi connectivity index (χ3n) is 5.18. The minimum absolute atomic E-state index is 0.133. The van der Waals surface area contributed by atoms with Crippen LogP contribution in [0.3, 0.4) is 0 Å². The molecule has 33 heavy (non-hydrogen) atoms. The number of aliphatic hydroxyl groups excluding tert-OH is 1. The van der Waals surface area contributed by atoms with E-state index in [1.807, 2.05) is 37.3 Å². The summed E-state index contributed by atoms with van der Waals surface area (Å²) < 4.78 is 27.0. The summed E-state index contributed by atoms with van der Waals surface area (Å²) in [6, 6.07) is 15.8. The number of hydrogen-bond acceptors (Lipinski definition) is 5. The van der Waals surface area contributed by atoms with Crippen molar-refractivity contribution in [1.29, 1.82) is 0 Å². The molecule has 1 heterocycles. The minimum atomic E-state index is -0.696. The van der Waals surface area contributed by atoms with E-state index >= 15 is 0 Å². The van der Waals surface area contributed by atoms with Crippen molar-refractivity contribution in [2.75, 3.05) is 19.8 Å². The van der Waals surface area contributed by atoms with Gasteiger partial charge in [0, 0.05) is 25.2 Å². The Morgan fingerprint density at radius 1 is 1.18 bits per heavy atom. The molecule has 6 nitrogen and oxygen atoms in total. The van der Waals surface area contributed by atoms with Crippen LogP contribution in [0.1, 0.15) is 25.1 Å². The van der Waals surface area contributed by atoms with Crippen molar-refractivity contribution >= 4 is 0 Å². The smallest absolute Gasteiger partial charge is 0.227 e. The maximum absolute atomic E-state index is 13.8. The number of aryl methyl sites for hydroxylation is 1. The van der Waals surface area contributed by atoms with Gasteiger partial charge in [0.25, 0.3) is 0 Å². The topological polar surface area (TPSA) is 59.8 Å². The van der Waals surface area contributed by atoms with Crippen LogP contribution in [0.5, 0.6) is 11.6 Å². The van der Waals surface area contributed by atoms with Crippen molar-refractivity contribution in [1.82, 2.24) is 14.7 Å². The molecular formula is C26H30FN3O3. The van der Waals surface area contributed by atoms with Gasteiger partial charge in [-0.05, 0) is 45.0 Å². The summed E-state index contributed by atoms with van der Waals surface area (Å²) in [6.07, 6.45) is 4.51. The Hall–Kier alpha value is -3.18. The number of benzene rings is 2. The summed E-state index contributed by atoms with van der Waals surface area (Å²) in [5.41, 5.74) is 2.47. The standard InChI is InChI=1S/C26H30FN3O3/c1-5-14-32-18-23(31)16-29(19(2)3)17-25-20(4)28-30(22-11-7-6-8-12-22)26(25)33-24-13-9-10-21(27)15-24/h1,6-13,15,19,23,31H,14,16-18H2,2-4H3. The molecule has 0 radical (unpaired) electrons. The lowest BCUT2D eigenvalue weighted by Gasteiger charge is -2.28. The highest BCUT2D eigenvalue weighted by atomic mass is 19.1. The average molecular weight is 452 g/mol. The zero-order valence-electron chi connectivity index (χ0n) is 19.2. The quantitative estimate of drug-likeness (QED) is 0.347. The van der Waals surface area contributed by atoms with Crippen LogP contribution in [0.4, 0.5) is 4.39 Å². The summed E-state index contributed by atoms with van der Waals surface area (Å²) in [5, 5.41) is 15.1. The van der Waals surface area contributed by atoms with Crippen molar-refractivity contribution < 1.29 is 19.0 Å². The summed E-state index contributed by atoms with van der Waals surface area (Å²) >= 11 is 0. The fraction of sp³-hybridized carbons (Fsp3) is 0.346. The van der Waals surface area contributed by atoms with Crippen LogP contribution in [-0.4, -0.2) is 51.7 Å². The molecule has 0 aliphatic rings. The van der Waals surface area contributed by atoms with E-state index < -0.39 is 6.10 Å². The minimum Gasteiger partial charge on any atom is -0.438 e. The first kappa shape index (κ1) is 24.5. The molecule has 3 rings (SSSR count). The molecule has 0 saturated heterocycles. The molecule has 1 unspecified atom stereocenters. The van der Waals surface area contributed by atoms with Crippen LogP contribution in [-0.2, 0) is 11.3 Å². The number of aromatic nitrogens is 2. The van der Waals surface area contributed by atoms with Gasteiger partial charge in [0.1, 0.15) is 18.2 Å². The number of para-hydroxylation sites is 1. The first-order valence-corrected chi connectivity index (χ1v) is 10.9. The summed E-state index contributed by atoms with van der Waals surface area (Å²) in [7, 11) is 0. The molecular weight excluding hydrogens is 421 g/mol.